The smallest absolute Gasteiger partial charge is 0.260 e. The van der Waals surface area contributed by atoms with Gasteiger partial charge in [-0.3, -0.25) is 4.79 Å². The van der Waals surface area contributed by atoms with E-state index in [1.54, 1.807) is 0 Å². The largest absolute Gasteiger partial charge is 0.481 e. The molecule has 0 aromatic heterocycles. The van der Waals surface area contributed by atoms with E-state index in [1.165, 1.54) is 0 Å². The maximum Gasteiger partial charge on any atom is 0.260 e. The van der Waals surface area contributed by atoms with Crippen molar-refractivity contribution < 1.29 is 9.53 Å². The van der Waals surface area contributed by atoms with Gasteiger partial charge in [0.15, 0.2) is 6.10 Å². The van der Waals surface area contributed by atoms with E-state index in [9.17, 15) is 4.79 Å². The number of amides is 1. The maximum absolute atomic E-state index is 11.9. The average Bonchev–Trinajstić information content (AvgIpc) is 3.12. The first-order valence-corrected chi connectivity index (χ1v) is 7.05. The summed E-state index contributed by atoms with van der Waals surface area (Å²) < 4.78 is 5.87. The van der Waals surface area contributed by atoms with E-state index in [0.717, 1.165) is 29.7 Å². The Hall–Kier alpha value is -1.51. The molecule has 1 N–H and O–H groups in total. The molecule has 1 aromatic carbocycles. The van der Waals surface area contributed by atoms with E-state index in [1.807, 2.05) is 19.9 Å². The minimum atomic E-state index is -0.445. The van der Waals surface area contributed by atoms with Crippen molar-refractivity contribution in [3.8, 4) is 5.75 Å². The molecule has 1 fully saturated rings. The number of rotatable bonds is 5. The highest BCUT2D eigenvalue weighted by Gasteiger charge is 2.26. The molecule has 1 saturated carbocycles. The van der Waals surface area contributed by atoms with Crippen molar-refractivity contribution in [3.05, 3.63) is 29.3 Å². The standard InChI is InChI=1S/C16H23NO2/c1-10(2)14-8-5-11(3)9-15(14)19-12(4)16(18)17-13-6-7-13/h5,8-10,12-13H,6-7H2,1-4H3,(H,17,18)/t12-/m0/s1. The van der Waals surface area contributed by atoms with Gasteiger partial charge in [0.2, 0.25) is 0 Å². The van der Waals surface area contributed by atoms with Gasteiger partial charge in [-0.25, -0.2) is 0 Å². The minimum Gasteiger partial charge on any atom is -0.481 e. The molecule has 0 unspecified atom stereocenters. The highest BCUT2D eigenvalue weighted by molar-refractivity contribution is 5.81. The summed E-state index contributed by atoms with van der Waals surface area (Å²) >= 11 is 0. The van der Waals surface area contributed by atoms with Crippen molar-refractivity contribution in [2.24, 2.45) is 0 Å². The fraction of sp³-hybridized carbons (Fsp3) is 0.562. The molecule has 1 aliphatic rings. The van der Waals surface area contributed by atoms with Crippen molar-refractivity contribution >= 4 is 5.91 Å². The molecule has 2 rings (SSSR count). The van der Waals surface area contributed by atoms with Gasteiger partial charge in [-0.15, -0.1) is 0 Å². The molecule has 3 nitrogen and oxygen atoms in total. The summed E-state index contributed by atoms with van der Waals surface area (Å²) in [5.41, 5.74) is 2.30. The molecule has 0 aliphatic heterocycles. The van der Waals surface area contributed by atoms with E-state index < -0.39 is 6.10 Å². The SMILES string of the molecule is Cc1ccc(C(C)C)c(O[C@@H](C)C(=O)NC2CC2)c1. The fourth-order valence-electron chi connectivity index (χ4n) is 2.01. The zero-order valence-electron chi connectivity index (χ0n) is 12.2. The second kappa shape index (κ2) is 5.64. The second-order valence-corrected chi connectivity index (χ2v) is 5.74. The summed E-state index contributed by atoms with van der Waals surface area (Å²) in [7, 11) is 0. The van der Waals surface area contributed by atoms with E-state index in [2.05, 4.69) is 31.3 Å². The molecule has 0 heterocycles. The monoisotopic (exact) mass is 261 g/mol. The summed E-state index contributed by atoms with van der Waals surface area (Å²) in [6, 6.07) is 6.55. The van der Waals surface area contributed by atoms with Crippen molar-refractivity contribution in [1.82, 2.24) is 5.32 Å². The summed E-state index contributed by atoms with van der Waals surface area (Å²) in [5.74, 6) is 1.20. The van der Waals surface area contributed by atoms with Gasteiger partial charge in [0, 0.05) is 6.04 Å². The Morgan fingerprint density at radius 3 is 2.58 bits per heavy atom. The number of aryl methyl sites for hydroxylation is 1. The van der Waals surface area contributed by atoms with Crippen LogP contribution in [0.3, 0.4) is 0 Å². The summed E-state index contributed by atoms with van der Waals surface area (Å²) in [6.07, 6.45) is 1.75. The molecule has 1 aliphatic carbocycles. The highest BCUT2D eigenvalue weighted by Crippen LogP contribution is 2.28. The third-order valence-corrected chi connectivity index (χ3v) is 3.39. The number of benzene rings is 1. The van der Waals surface area contributed by atoms with Crippen molar-refractivity contribution in [2.75, 3.05) is 0 Å². The first kappa shape index (κ1) is 13.9. The van der Waals surface area contributed by atoms with Gasteiger partial charge in [0.05, 0.1) is 0 Å². The summed E-state index contributed by atoms with van der Waals surface area (Å²) in [5, 5.41) is 2.97. The fourth-order valence-corrected chi connectivity index (χ4v) is 2.01. The van der Waals surface area contributed by atoms with Crippen LogP contribution in [0, 0.1) is 6.92 Å². The summed E-state index contributed by atoms with van der Waals surface area (Å²) in [4.78, 5) is 11.9. The molecule has 1 atom stereocenters. The lowest BCUT2D eigenvalue weighted by Gasteiger charge is -2.19. The van der Waals surface area contributed by atoms with E-state index in [-0.39, 0.29) is 5.91 Å². The predicted octanol–water partition coefficient (Wildman–Crippen LogP) is 3.16. The number of nitrogens with one attached hydrogen (secondary N) is 1. The van der Waals surface area contributed by atoms with Crippen LogP contribution in [0.2, 0.25) is 0 Å². The number of carbonyl (C=O) groups is 1. The lowest BCUT2D eigenvalue weighted by Crippen LogP contribution is -2.37. The lowest BCUT2D eigenvalue weighted by atomic mass is 10.0. The first-order chi connectivity index (χ1) is 8.97. The van der Waals surface area contributed by atoms with Crippen LogP contribution in [0.25, 0.3) is 0 Å². The highest BCUT2D eigenvalue weighted by atomic mass is 16.5. The molecular formula is C16H23NO2. The maximum atomic E-state index is 11.9. The van der Waals surface area contributed by atoms with Crippen molar-refractivity contribution in [2.45, 2.75) is 58.6 Å². The van der Waals surface area contributed by atoms with Crippen LogP contribution in [0.15, 0.2) is 18.2 Å². The molecule has 3 heteroatoms. The Kier molecular flexibility index (Phi) is 4.13. The Morgan fingerprint density at radius 2 is 2.00 bits per heavy atom. The van der Waals surface area contributed by atoms with Crippen LogP contribution in [-0.4, -0.2) is 18.1 Å². The second-order valence-electron chi connectivity index (χ2n) is 5.74. The third-order valence-electron chi connectivity index (χ3n) is 3.39. The van der Waals surface area contributed by atoms with Gasteiger partial charge >= 0.3 is 0 Å². The van der Waals surface area contributed by atoms with Crippen molar-refractivity contribution in [1.29, 1.82) is 0 Å². The Bertz CT molecular complexity index is 464. The molecular weight excluding hydrogens is 238 g/mol. The Morgan fingerprint density at radius 1 is 1.32 bits per heavy atom. The van der Waals surface area contributed by atoms with Crippen LogP contribution in [0.4, 0.5) is 0 Å². The zero-order valence-corrected chi connectivity index (χ0v) is 12.2. The number of hydrogen-bond acceptors (Lipinski definition) is 2. The normalized spacial score (nSPS) is 16.3. The lowest BCUT2D eigenvalue weighted by molar-refractivity contribution is -0.127. The van der Waals surface area contributed by atoms with Gasteiger partial charge < -0.3 is 10.1 Å². The van der Waals surface area contributed by atoms with E-state index in [0.29, 0.717) is 12.0 Å². The Balaban J connectivity index is 2.07. The van der Waals surface area contributed by atoms with Gasteiger partial charge in [-0.05, 0) is 49.8 Å². The van der Waals surface area contributed by atoms with Crippen LogP contribution in [0.5, 0.6) is 5.75 Å². The molecule has 19 heavy (non-hydrogen) atoms. The number of carbonyl (C=O) groups excluding carboxylic acids is 1. The van der Waals surface area contributed by atoms with Gasteiger partial charge in [-0.1, -0.05) is 26.0 Å². The Labute approximate surface area is 115 Å². The van der Waals surface area contributed by atoms with Gasteiger partial charge in [-0.2, -0.15) is 0 Å². The number of ether oxygens (including phenoxy) is 1. The molecule has 0 spiro atoms. The molecule has 1 aromatic rings. The molecule has 0 radical (unpaired) electrons. The van der Waals surface area contributed by atoms with Crippen LogP contribution < -0.4 is 10.1 Å². The van der Waals surface area contributed by atoms with Gasteiger partial charge in [0.1, 0.15) is 5.75 Å². The van der Waals surface area contributed by atoms with Crippen LogP contribution >= 0.6 is 0 Å². The zero-order chi connectivity index (χ0) is 14.0. The predicted molar refractivity (Wildman–Crippen MR) is 76.5 cm³/mol. The molecule has 1 amide bonds. The third kappa shape index (κ3) is 3.72. The minimum absolute atomic E-state index is 0.0151. The van der Waals surface area contributed by atoms with E-state index in [4.69, 9.17) is 4.74 Å². The molecule has 0 saturated heterocycles. The van der Waals surface area contributed by atoms with Crippen LogP contribution in [-0.2, 0) is 4.79 Å². The van der Waals surface area contributed by atoms with Gasteiger partial charge in [0.25, 0.3) is 5.91 Å². The topological polar surface area (TPSA) is 38.3 Å². The van der Waals surface area contributed by atoms with E-state index >= 15 is 0 Å². The quantitative estimate of drug-likeness (QED) is 0.884. The first-order valence-electron chi connectivity index (χ1n) is 7.05. The summed E-state index contributed by atoms with van der Waals surface area (Å²) in [6.45, 7) is 8.11. The van der Waals surface area contributed by atoms with Crippen molar-refractivity contribution in [3.63, 3.8) is 0 Å². The molecule has 0 bridgehead atoms. The molecule has 104 valence electrons. The average molecular weight is 261 g/mol. The van der Waals surface area contributed by atoms with Crippen LogP contribution in [0.1, 0.15) is 50.7 Å². The number of hydrogen-bond donors (Lipinski definition) is 1.